The van der Waals surface area contributed by atoms with E-state index in [1.54, 1.807) is 12.1 Å². The van der Waals surface area contributed by atoms with Gasteiger partial charge in [-0.25, -0.2) is 4.39 Å². The molecule has 0 atom stereocenters. The standard InChI is InChI=1S/C12H15ClFNO/c1-9-5-6-10(14)11(8-9)15-12(16)4-2-3-7-13/h5-6,8H,2-4,7H2,1H3,(H,15,16). The summed E-state index contributed by atoms with van der Waals surface area (Å²) in [5.41, 5.74) is 1.16. The van der Waals surface area contributed by atoms with E-state index in [9.17, 15) is 9.18 Å². The average Bonchev–Trinajstić information content (AvgIpc) is 2.24. The molecule has 1 amide bonds. The third kappa shape index (κ3) is 4.19. The molecule has 0 aliphatic carbocycles. The molecule has 0 heterocycles. The minimum Gasteiger partial charge on any atom is -0.324 e. The van der Waals surface area contributed by atoms with Crippen LogP contribution < -0.4 is 5.32 Å². The molecular formula is C12H15ClFNO. The smallest absolute Gasteiger partial charge is 0.224 e. The van der Waals surface area contributed by atoms with E-state index in [4.69, 9.17) is 11.6 Å². The summed E-state index contributed by atoms with van der Waals surface area (Å²) < 4.78 is 13.3. The average molecular weight is 244 g/mol. The maximum atomic E-state index is 13.3. The van der Waals surface area contributed by atoms with E-state index < -0.39 is 5.82 Å². The van der Waals surface area contributed by atoms with Crippen molar-refractivity contribution in [3.8, 4) is 0 Å². The topological polar surface area (TPSA) is 29.1 Å². The van der Waals surface area contributed by atoms with Gasteiger partial charge in [-0.15, -0.1) is 11.6 Å². The predicted octanol–water partition coefficient (Wildman–Crippen LogP) is 3.48. The lowest BCUT2D eigenvalue weighted by Gasteiger charge is -2.06. The van der Waals surface area contributed by atoms with Crippen LogP contribution >= 0.6 is 11.6 Å². The Morgan fingerprint density at radius 1 is 1.44 bits per heavy atom. The van der Waals surface area contributed by atoms with Gasteiger partial charge < -0.3 is 5.32 Å². The zero-order valence-electron chi connectivity index (χ0n) is 9.22. The summed E-state index contributed by atoms with van der Waals surface area (Å²) in [6.45, 7) is 1.85. The summed E-state index contributed by atoms with van der Waals surface area (Å²) in [6, 6.07) is 4.64. The second kappa shape index (κ2) is 6.48. The van der Waals surface area contributed by atoms with E-state index >= 15 is 0 Å². The first-order valence-electron chi connectivity index (χ1n) is 5.25. The number of halogens is 2. The fraction of sp³-hybridized carbons (Fsp3) is 0.417. The van der Waals surface area contributed by atoms with Crippen molar-refractivity contribution in [3.05, 3.63) is 29.6 Å². The summed E-state index contributed by atoms with van der Waals surface area (Å²) in [5, 5.41) is 2.55. The van der Waals surface area contributed by atoms with Crippen molar-refractivity contribution in [1.82, 2.24) is 0 Å². The molecule has 0 aliphatic heterocycles. The van der Waals surface area contributed by atoms with Crippen LogP contribution in [-0.2, 0) is 4.79 Å². The Balaban J connectivity index is 2.52. The molecule has 16 heavy (non-hydrogen) atoms. The predicted molar refractivity (Wildman–Crippen MR) is 64.3 cm³/mol. The van der Waals surface area contributed by atoms with Crippen LogP contribution in [0, 0.1) is 12.7 Å². The number of hydrogen-bond acceptors (Lipinski definition) is 1. The molecule has 0 bridgehead atoms. The van der Waals surface area contributed by atoms with Gasteiger partial charge in [-0.2, -0.15) is 0 Å². The lowest BCUT2D eigenvalue weighted by molar-refractivity contribution is -0.116. The number of nitrogens with one attached hydrogen (secondary N) is 1. The molecule has 4 heteroatoms. The highest BCUT2D eigenvalue weighted by atomic mass is 35.5. The van der Waals surface area contributed by atoms with Gasteiger partial charge in [0.1, 0.15) is 5.82 Å². The van der Waals surface area contributed by atoms with Crippen molar-refractivity contribution in [2.75, 3.05) is 11.2 Å². The molecule has 0 spiro atoms. The third-order valence-corrected chi connectivity index (χ3v) is 2.45. The van der Waals surface area contributed by atoms with Crippen molar-refractivity contribution < 1.29 is 9.18 Å². The molecular weight excluding hydrogens is 229 g/mol. The van der Waals surface area contributed by atoms with Gasteiger partial charge in [0.15, 0.2) is 0 Å². The molecule has 0 saturated carbocycles. The third-order valence-electron chi connectivity index (χ3n) is 2.18. The van der Waals surface area contributed by atoms with Crippen molar-refractivity contribution in [1.29, 1.82) is 0 Å². The van der Waals surface area contributed by atoms with Gasteiger partial charge in [0.05, 0.1) is 5.69 Å². The molecule has 0 fully saturated rings. The summed E-state index contributed by atoms with van der Waals surface area (Å²) in [5.74, 6) is -0.0302. The molecule has 0 radical (unpaired) electrons. The van der Waals surface area contributed by atoms with E-state index in [2.05, 4.69) is 5.32 Å². The lowest BCUT2D eigenvalue weighted by atomic mass is 10.2. The lowest BCUT2D eigenvalue weighted by Crippen LogP contribution is -2.12. The number of carbonyl (C=O) groups excluding carboxylic acids is 1. The minimum absolute atomic E-state index is 0.172. The maximum Gasteiger partial charge on any atom is 0.224 e. The van der Waals surface area contributed by atoms with Crippen molar-refractivity contribution in [3.63, 3.8) is 0 Å². The molecule has 1 rings (SSSR count). The monoisotopic (exact) mass is 243 g/mol. The number of carbonyl (C=O) groups is 1. The summed E-state index contributed by atoms with van der Waals surface area (Å²) >= 11 is 5.50. The summed E-state index contributed by atoms with van der Waals surface area (Å²) in [4.78, 5) is 11.4. The van der Waals surface area contributed by atoms with Crippen molar-refractivity contribution >= 4 is 23.2 Å². The molecule has 1 aromatic carbocycles. The highest BCUT2D eigenvalue weighted by Gasteiger charge is 2.06. The SMILES string of the molecule is Cc1ccc(F)c(NC(=O)CCCCCl)c1. The van der Waals surface area contributed by atoms with E-state index in [1.807, 2.05) is 6.92 Å². The largest absolute Gasteiger partial charge is 0.324 e. The van der Waals surface area contributed by atoms with E-state index in [0.29, 0.717) is 12.3 Å². The Morgan fingerprint density at radius 3 is 2.88 bits per heavy atom. The van der Waals surface area contributed by atoms with Gasteiger partial charge in [0.25, 0.3) is 0 Å². The number of aryl methyl sites for hydroxylation is 1. The molecule has 1 N–H and O–H groups in total. The van der Waals surface area contributed by atoms with Crippen LogP contribution in [0.25, 0.3) is 0 Å². The van der Waals surface area contributed by atoms with Crippen molar-refractivity contribution in [2.45, 2.75) is 26.2 Å². The van der Waals surface area contributed by atoms with Crippen LogP contribution in [0.5, 0.6) is 0 Å². The van der Waals surface area contributed by atoms with Crippen LogP contribution in [0.4, 0.5) is 10.1 Å². The van der Waals surface area contributed by atoms with E-state index in [-0.39, 0.29) is 11.6 Å². The Hall–Kier alpha value is -1.09. The second-order valence-electron chi connectivity index (χ2n) is 3.68. The van der Waals surface area contributed by atoms with E-state index in [0.717, 1.165) is 18.4 Å². The maximum absolute atomic E-state index is 13.3. The van der Waals surface area contributed by atoms with Gasteiger partial charge in [-0.3, -0.25) is 4.79 Å². The number of anilines is 1. The quantitative estimate of drug-likeness (QED) is 0.623. The number of rotatable bonds is 5. The first kappa shape index (κ1) is 13.0. The molecule has 0 unspecified atom stereocenters. The molecule has 0 saturated heterocycles. The highest BCUT2D eigenvalue weighted by molar-refractivity contribution is 6.17. The molecule has 1 aromatic rings. The van der Waals surface area contributed by atoms with E-state index in [1.165, 1.54) is 6.07 Å². The van der Waals surface area contributed by atoms with Gasteiger partial charge in [-0.05, 0) is 37.5 Å². The van der Waals surface area contributed by atoms with Gasteiger partial charge >= 0.3 is 0 Å². The number of alkyl halides is 1. The molecule has 88 valence electrons. The summed E-state index contributed by atoms with van der Waals surface area (Å²) in [6.07, 6.45) is 1.90. The first-order chi connectivity index (χ1) is 7.63. The first-order valence-corrected chi connectivity index (χ1v) is 5.79. The zero-order chi connectivity index (χ0) is 12.0. The van der Waals surface area contributed by atoms with Crippen LogP contribution in [0.2, 0.25) is 0 Å². The van der Waals surface area contributed by atoms with Crippen LogP contribution in [0.1, 0.15) is 24.8 Å². The van der Waals surface area contributed by atoms with Gasteiger partial charge in [-0.1, -0.05) is 6.07 Å². The van der Waals surface area contributed by atoms with Crippen LogP contribution in [-0.4, -0.2) is 11.8 Å². The second-order valence-corrected chi connectivity index (χ2v) is 4.06. The van der Waals surface area contributed by atoms with Gasteiger partial charge in [0.2, 0.25) is 5.91 Å². The number of hydrogen-bond donors (Lipinski definition) is 1. The molecule has 0 aliphatic rings. The normalized spacial score (nSPS) is 10.2. The molecule has 0 aromatic heterocycles. The fourth-order valence-electron chi connectivity index (χ4n) is 1.33. The number of benzene rings is 1. The Labute approximate surface area is 99.8 Å². The zero-order valence-corrected chi connectivity index (χ0v) is 9.98. The number of amides is 1. The van der Waals surface area contributed by atoms with Crippen molar-refractivity contribution in [2.24, 2.45) is 0 Å². The Morgan fingerprint density at radius 2 is 2.19 bits per heavy atom. The minimum atomic E-state index is -0.406. The van der Waals surface area contributed by atoms with Crippen LogP contribution in [0.3, 0.4) is 0 Å². The van der Waals surface area contributed by atoms with Crippen LogP contribution in [0.15, 0.2) is 18.2 Å². The Bertz CT molecular complexity index is 368. The highest BCUT2D eigenvalue weighted by Crippen LogP contribution is 2.16. The molecule has 2 nitrogen and oxygen atoms in total. The van der Waals surface area contributed by atoms with Gasteiger partial charge in [0, 0.05) is 12.3 Å². The number of unbranched alkanes of at least 4 members (excludes halogenated alkanes) is 1. The fourth-order valence-corrected chi connectivity index (χ4v) is 1.52. The Kier molecular flexibility index (Phi) is 5.26. The summed E-state index contributed by atoms with van der Waals surface area (Å²) in [7, 11) is 0.